The molecule has 2 amide bonds. The zero-order chi connectivity index (χ0) is 21.5. The monoisotopic (exact) mass is 525 g/mol. The number of hydrogen-bond donors (Lipinski definition) is 3. The van der Waals surface area contributed by atoms with Crippen LogP contribution in [-0.4, -0.2) is 32.5 Å². The van der Waals surface area contributed by atoms with Crippen LogP contribution in [0.25, 0.3) is 11.7 Å². The van der Waals surface area contributed by atoms with E-state index < -0.39 is 0 Å². The molecular formula is C21H16IN7O2. The first-order valence-electron chi connectivity index (χ1n) is 9.67. The third-order valence-electron chi connectivity index (χ3n) is 5.02. The van der Waals surface area contributed by atoms with Crippen LogP contribution in [0.3, 0.4) is 0 Å². The molecule has 3 aromatic rings. The number of fused-ring (bicyclic) bond motifs is 1. The van der Waals surface area contributed by atoms with Gasteiger partial charge in [0.25, 0.3) is 5.91 Å². The van der Waals surface area contributed by atoms with Gasteiger partial charge in [0.1, 0.15) is 17.7 Å². The van der Waals surface area contributed by atoms with Crippen molar-refractivity contribution in [2.24, 2.45) is 0 Å². The van der Waals surface area contributed by atoms with Crippen LogP contribution in [0, 0.1) is 14.9 Å². The molecule has 3 heterocycles. The molecule has 2 aromatic heterocycles. The Morgan fingerprint density at radius 1 is 1.29 bits per heavy atom. The number of aromatic nitrogens is 3. The average Bonchev–Trinajstić information content (AvgIpc) is 3.37. The number of nitrogens with zero attached hydrogens (tertiary/aromatic N) is 4. The summed E-state index contributed by atoms with van der Waals surface area (Å²) in [6.07, 6.45) is 5.54. The van der Waals surface area contributed by atoms with Crippen LogP contribution in [-0.2, 0) is 9.59 Å². The summed E-state index contributed by atoms with van der Waals surface area (Å²) in [5.74, 6) is 0.690. The van der Waals surface area contributed by atoms with Gasteiger partial charge >= 0.3 is 0 Å². The Bertz CT molecular complexity index is 1320. The molecular weight excluding hydrogens is 509 g/mol. The predicted molar refractivity (Wildman–Crippen MR) is 123 cm³/mol. The van der Waals surface area contributed by atoms with Gasteiger partial charge in [-0.05, 0) is 59.7 Å². The topological polar surface area (TPSA) is 124 Å². The van der Waals surface area contributed by atoms with Crippen molar-refractivity contribution in [1.29, 1.82) is 5.26 Å². The van der Waals surface area contributed by atoms with Gasteiger partial charge in [0.15, 0.2) is 5.65 Å². The van der Waals surface area contributed by atoms with Crippen LogP contribution in [0.5, 0.6) is 0 Å². The molecule has 0 atom stereocenters. The second-order valence-electron chi connectivity index (χ2n) is 7.44. The lowest BCUT2D eigenvalue weighted by molar-refractivity contribution is -0.124. The Kier molecular flexibility index (Phi) is 4.82. The quantitative estimate of drug-likeness (QED) is 0.266. The maximum Gasteiger partial charge on any atom is 0.254 e. The smallest absolute Gasteiger partial charge is 0.254 e. The Hall–Kier alpha value is -3.46. The fourth-order valence-corrected chi connectivity index (χ4v) is 3.96. The third-order valence-corrected chi connectivity index (χ3v) is 5.91. The SMILES string of the molecule is N#Cc1ccc(Nc2cc(NC3CC3)n3ncc(/C=C4\CC(=O)NC4=O)c3n2)cc1I. The molecule has 5 rings (SSSR count). The Morgan fingerprint density at radius 3 is 2.81 bits per heavy atom. The van der Waals surface area contributed by atoms with E-state index in [1.165, 1.54) is 0 Å². The Labute approximate surface area is 190 Å². The summed E-state index contributed by atoms with van der Waals surface area (Å²) in [6.45, 7) is 0. The predicted octanol–water partition coefficient (Wildman–Crippen LogP) is 2.95. The molecule has 31 heavy (non-hydrogen) atoms. The largest absolute Gasteiger partial charge is 0.367 e. The van der Waals surface area contributed by atoms with Crippen LogP contribution in [0.1, 0.15) is 30.4 Å². The van der Waals surface area contributed by atoms with E-state index in [0.717, 1.165) is 27.9 Å². The molecule has 1 aromatic carbocycles. The first kappa shape index (κ1) is 19.5. The first-order chi connectivity index (χ1) is 15.0. The molecule has 3 N–H and O–H groups in total. The van der Waals surface area contributed by atoms with Gasteiger partial charge in [0, 0.05) is 32.5 Å². The van der Waals surface area contributed by atoms with Crippen molar-refractivity contribution in [3.05, 3.63) is 50.7 Å². The summed E-state index contributed by atoms with van der Waals surface area (Å²) in [6, 6.07) is 9.91. The summed E-state index contributed by atoms with van der Waals surface area (Å²) in [7, 11) is 0. The van der Waals surface area contributed by atoms with Crippen molar-refractivity contribution >= 4 is 63.5 Å². The molecule has 0 unspecified atom stereocenters. The van der Waals surface area contributed by atoms with Gasteiger partial charge in [-0.25, -0.2) is 4.98 Å². The number of halogens is 1. The van der Waals surface area contributed by atoms with E-state index in [9.17, 15) is 9.59 Å². The summed E-state index contributed by atoms with van der Waals surface area (Å²) in [5, 5.41) is 22.6. The molecule has 1 aliphatic carbocycles. The van der Waals surface area contributed by atoms with Crippen molar-refractivity contribution in [2.45, 2.75) is 25.3 Å². The van der Waals surface area contributed by atoms with Crippen LogP contribution < -0.4 is 16.0 Å². The summed E-state index contributed by atoms with van der Waals surface area (Å²) in [5.41, 5.74) is 3.02. The Morgan fingerprint density at radius 2 is 2.13 bits per heavy atom. The highest BCUT2D eigenvalue weighted by Gasteiger charge is 2.25. The van der Waals surface area contributed by atoms with Crippen LogP contribution >= 0.6 is 22.6 Å². The lowest BCUT2D eigenvalue weighted by atomic mass is 10.1. The molecule has 9 nitrogen and oxygen atoms in total. The van der Waals surface area contributed by atoms with E-state index in [2.05, 4.69) is 49.7 Å². The van der Waals surface area contributed by atoms with Gasteiger partial charge in [-0.15, -0.1) is 0 Å². The summed E-state index contributed by atoms with van der Waals surface area (Å²) in [4.78, 5) is 28.2. The van der Waals surface area contributed by atoms with Crippen LogP contribution in [0.15, 0.2) is 36.0 Å². The van der Waals surface area contributed by atoms with Gasteiger partial charge < -0.3 is 10.6 Å². The number of rotatable bonds is 5. The van der Waals surface area contributed by atoms with Crippen molar-refractivity contribution in [3.8, 4) is 6.07 Å². The molecule has 0 spiro atoms. The van der Waals surface area contributed by atoms with E-state index >= 15 is 0 Å². The highest BCUT2D eigenvalue weighted by atomic mass is 127. The average molecular weight is 525 g/mol. The number of hydrogen-bond acceptors (Lipinski definition) is 7. The fourth-order valence-electron chi connectivity index (χ4n) is 3.33. The molecule has 154 valence electrons. The number of nitrogens with one attached hydrogen (secondary N) is 3. The zero-order valence-electron chi connectivity index (χ0n) is 16.1. The minimum atomic E-state index is -0.387. The number of anilines is 3. The number of carbonyl (C=O) groups excluding carboxylic acids is 2. The zero-order valence-corrected chi connectivity index (χ0v) is 18.3. The lowest BCUT2D eigenvalue weighted by Gasteiger charge is -2.12. The molecule has 10 heteroatoms. The lowest BCUT2D eigenvalue weighted by Crippen LogP contribution is -2.19. The van der Waals surface area contributed by atoms with E-state index in [4.69, 9.17) is 10.2 Å². The second-order valence-corrected chi connectivity index (χ2v) is 8.60. The van der Waals surface area contributed by atoms with Crippen molar-refractivity contribution < 1.29 is 9.59 Å². The van der Waals surface area contributed by atoms with Crippen LogP contribution in [0.4, 0.5) is 17.3 Å². The number of benzene rings is 1. The van der Waals surface area contributed by atoms with E-state index in [-0.39, 0.29) is 18.2 Å². The number of imide groups is 1. The molecule has 0 radical (unpaired) electrons. The third kappa shape index (κ3) is 3.96. The maximum atomic E-state index is 12.0. The van der Waals surface area contributed by atoms with E-state index in [1.54, 1.807) is 22.9 Å². The highest BCUT2D eigenvalue weighted by Crippen LogP contribution is 2.29. The summed E-state index contributed by atoms with van der Waals surface area (Å²) >= 11 is 2.13. The van der Waals surface area contributed by atoms with Gasteiger partial charge in [0.2, 0.25) is 5.91 Å². The van der Waals surface area contributed by atoms with Crippen molar-refractivity contribution in [2.75, 3.05) is 10.6 Å². The molecule has 1 saturated heterocycles. The summed E-state index contributed by atoms with van der Waals surface area (Å²) < 4.78 is 2.54. The van der Waals surface area contributed by atoms with Crippen molar-refractivity contribution in [1.82, 2.24) is 19.9 Å². The minimum absolute atomic E-state index is 0.0466. The standard InChI is InChI=1S/C21H16IN7O2/c22-16-7-15(2-1-11(16)9-23)25-17-8-18(26-14-3-4-14)29-20(27-17)13(10-24-29)5-12-6-19(30)28-21(12)31/h1-2,5,7-8,10,14,26H,3-4,6H2,(H,25,27)(H,28,30,31)/b12-5+. The Balaban J connectivity index is 1.56. The van der Waals surface area contributed by atoms with Gasteiger partial charge in [-0.3, -0.25) is 14.9 Å². The number of carbonyl (C=O) groups is 2. The molecule has 2 aliphatic rings. The second kappa shape index (κ2) is 7.66. The highest BCUT2D eigenvalue weighted by molar-refractivity contribution is 14.1. The number of amides is 2. The first-order valence-corrected chi connectivity index (χ1v) is 10.7. The molecule has 1 aliphatic heterocycles. The van der Waals surface area contributed by atoms with Gasteiger partial charge in [0.05, 0.1) is 18.2 Å². The molecule has 2 fully saturated rings. The van der Waals surface area contributed by atoms with Crippen LogP contribution in [0.2, 0.25) is 0 Å². The molecule has 0 bridgehead atoms. The number of nitriles is 1. The van der Waals surface area contributed by atoms with Gasteiger partial charge in [-0.1, -0.05) is 0 Å². The van der Waals surface area contributed by atoms with E-state index in [0.29, 0.717) is 34.2 Å². The molecule has 1 saturated carbocycles. The fraction of sp³-hybridized carbons (Fsp3) is 0.190. The van der Waals surface area contributed by atoms with Crippen molar-refractivity contribution in [3.63, 3.8) is 0 Å². The minimum Gasteiger partial charge on any atom is -0.367 e. The maximum absolute atomic E-state index is 12.0. The normalized spacial score (nSPS) is 17.1. The van der Waals surface area contributed by atoms with E-state index in [1.807, 2.05) is 18.2 Å². The van der Waals surface area contributed by atoms with Gasteiger partial charge in [-0.2, -0.15) is 14.9 Å².